The van der Waals surface area contributed by atoms with Crippen LogP contribution in [0.4, 0.5) is 24.1 Å². The third-order valence-corrected chi connectivity index (χ3v) is 4.56. The molecular formula is C19H16F2N6O4. The Morgan fingerprint density at radius 1 is 1.32 bits per heavy atom. The highest BCUT2D eigenvalue weighted by atomic mass is 19.1. The molecule has 1 atom stereocenters. The Kier molecular flexibility index (Phi) is 5.43. The maximum Gasteiger partial charge on any atom is 0.414 e. The van der Waals surface area contributed by atoms with Gasteiger partial charge in [0.05, 0.1) is 31.5 Å². The fourth-order valence-electron chi connectivity index (χ4n) is 3.10. The molecule has 3 aromatic rings. The summed E-state index contributed by atoms with van der Waals surface area (Å²) in [6, 6.07) is 5.14. The number of rotatable bonds is 5. The molecule has 0 unspecified atom stereocenters. The van der Waals surface area contributed by atoms with Gasteiger partial charge in [0.25, 0.3) is 0 Å². The van der Waals surface area contributed by atoms with Gasteiger partial charge < -0.3 is 14.8 Å². The van der Waals surface area contributed by atoms with Crippen LogP contribution in [0, 0.1) is 11.6 Å². The predicted molar refractivity (Wildman–Crippen MR) is 103 cm³/mol. The van der Waals surface area contributed by atoms with Crippen molar-refractivity contribution in [2.75, 3.05) is 25.1 Å². The molecule has 12 heteroatoms. The van der Waals surface area contributed by atoms with Crippen LogP contribution in [-0.2, 0) is 9.47 Å². The lowest BCUT2D eigenvalue weighted by Crippen LogP contribution is -2.34. The van der Waals surface area contributed by atoms with Gasteiger partial charge >= 0.3 is 12.2 Å². The zero-order chi connectivity index (χ0) is 22.0. The molecule has 1 N–H and O–H groups in total. The summed E-state index contributed by atoms with van der Waals surface area (Å²) in [5.41, 5.74) is -0.0658. The molecule has 1 fully saturated rings. The normalized spacial score (nSPS) is 15.6. The Morgan fingerprint density at radius 2 is 2.10 bits per heavy atom. The summed E-state index contributed by atoms with van der Waals surface area (Å²) in [4.78, 5) is 32.3. The predicted octanol–water partition coefficient (Wildman–Crippen LogP) is 2.29. The molecule has 160 valence electrons. The Hall–Kier alpha value is -4.09. The van der Waals surface area contributed by atoms with E-state index in [4.69, 9.17) is 4.74 Å². The Morgan fingerprint density at radius 3 is 2.71 bits per heavy atom. The quantitative estimate of drug-likeness (QED) is 0.661. The number of carbonyl (C=O) groups excluding carboxylic acids is 2. The van der Waals surface area contributed by atoms with Gasteiger partial charge in [-0.3, -0.25) is 4.90 Å². The van der Waals surface area contributed by atoms with Crippen LogP contribution in [0.1, 0.15) is 0 Å². The number of ether oxygens (including phenoxy) is 2. The van der Waals surface area contributed by atoms with Gasteiger partial charge in [-0.05, 0) is 24.3 Å². The van der Waals surface area contributed by atoms with Crippen LogP contribution in [0.2, 0.25) is 0 Å². The van der Waals surface area contributed by atoms with E-state index in [0.717, 1.165) is 17.0 Å². The number of halogens is 2. The number of anilines is 1. The molecule has 4 rings (SSSR count). The van der Waals surface area contributed by atoms with Crippen LogP contribution >= 0.6 is 0 Å². The third-order valence-electron chi connectivity index (χ3n) is 4.56. The molecule has 0 bridgehead atoms. The summed E-state index contributed by atoms with van der Waals surface area (Å²) >= 11 is 0. The van der Waals surface area contributed by atoms with E-state index in [-0.39, 0.29) is 29.9 Å². The molecule has 2 amide bonds. The first-order valence-corrected chi connectivity index (χ1v) is 9.06. The largest absolute Gasteiger partial charge is 0.453 e. The first-order chi connectivity index (χ1) is 15.0. The maximum absolute atomic E-state index is 14.8. The van der Waals surface area contributed by atoms with E-state index in [1.807, 2.05) is 0 Å². The monoisotopic (exact) mass is 430 g/mol. The van der Waals surface area contributed by atoms with Crippen LogP contribution < -0.4 is 10.2 Å². The van der Waals surface area contributed by atoms with Crippen molar-refractivity contribution < 1.29 is 27.8 Å². The highest BCUT2D eigenvalue weighted by molar-refractivity contribution is 5.90. The second-order valence-corrected chi connectivity index (χ2v) is 6.52. The Bertz CT molecular complexity index is 1080. The molecule has 1 aliphatic heterocycles. The van der Waals surface area contributed by atoms with E-state index < -0.39 is 29.9 Å². The average molecular weight is 430 g/mol. The van der Waals surface area contributed by atoms with E-state index in [9.17, 15) is 18.4 Å². The van der Waals surface area contributed by atoms with Crippen molar-refractivity contribution in [2.24, 2.45) is 0 Å². The maximum atomic E-state index is 14.8. The first-order valence-electron chi connectivity index (χ1n) is 9.06. The van der Waals surface area contributed by atoms with Crippen molar-refractivity contribution in [1.29, 1.82) is 0 Å². The standard InChI is InChI=1S/C19H16F2N6O4/c1-30-18(28)24-7-13-8-26(19(29)31-13)12-4-14(20)17(15(21)5-12)11-2-3-16(23-6-11)27-10-22-9-25-27/h2-6,9-10,13H,7-8H2,1H3,(H,24,28)/t13-/m0/s1. The minimum absolute atomic E-state index is 0.00174. The lowest BCUT2D eigenvalue weighted by Gasteiger charge is -2.15. The highest BCUT2D eigenvalue weighted by Crippen LogP contribution is 2.31. The number of nitrogens with one attached hydrogen (secondary N) is 1. The van der Waals surface area contributed by atoms with Crippen molar-refractivity contribution in [2.45, 2.75) is 6.10 Å². The van der Waals surface area contributed by atoms with E-state index in [2.05, 4.69) is 25.1 Å². The molecule has 1 saturated heterocycles. The first kappa shape index (κ1) is 20.2. The topological polar surface area (TPSA) is 111 Å². The summed E-state index contributed by atoms with van der Waals surface area (Å²) in [6.07, 6.45) is 1.96. The SMILES string of the molecule is COC(=O)NC[C@H]1CN(c2cc(F)c(-c3ccc(-n4cncn4)nc3)c(F)c2)C(=O)O1. The fraction of sp³-hybridized carbons (Fsp3) is 0.211. The minimum Gasteiger partial charge on any atom is -0.453 e. The van der Waals surface area contributed by atoms with Crippen molar-refractivity contribution in [3.05, 3.63) is 54.8 Å². The lowest BCUT2D eigenvalue weighted by molar-refractivity contribution is 0.132. The molecule has 10 nitrogen and oxygen atoms in total. The number of amides is 2. The summed E-state index contributed by atoms with van der Waals surface area (Å²) in [7, 11) is 1.20. The van der Waals surface area contributed by atoms with Crippen molar-refractivity contribution in [3.8, 4) is 16.9 Å². The minimum atomic E-state index is -0.866. The Labute approximate surface area is 174 Å². The number of methoxy groups -OCH3 is 1. The molecule has 0 aliphatic carbocycles. The van der Waals surface area contributed by atoms with Gasteiger partial charge in [-0.15, -0.1) is 0 Å². The second kappa shape index (κ2) is 8.34. The lowest BCUT2D eigenvalue weighted by atomic mass is 10.1. The number of benzene rings is 1. The summed E-state index contributed by atoms with van der Waals surface area (Å²) in [5.74, 6) is -1.30. The summed E-state index contributed by atoms with van der Waals surface area (Å²) in [6.45, 7) is 0.0109. The van der Waals surface area contributed by atoms with Crippen LogP contribution in [0.15, 0.2) is 43.1 Å². The van der Waals surface area contributed by atoms with E-state index in [1.165, 1.54) is 36.7 Å². The Balaban J connectivity index is 1.53. The van der Waals surface area contributed by atoms with Crippen LogP contribution in [0.25, 0.3) is 16.9 Å². The van der Waals surface area contributed by atoms with Crippen LogP contribution in [0.5, 0.6) is 0 Å². The number of carbonyl (C=O) groups is 2. The van der Waals surface area contributed by atoms with Gasteiger partial charge in [0.15, 0.2) is 5.82 Å². The van der Waals surface area contributed by atoms with Crippen LogP contribution in [-0.4, -0.2) is 58.2 Å². The number of cyclic esters (lactones) is 1. The molecule has 31 heavy (non-hydrogen) atoms. The fourth-order valence-corrected chi connectivity index (χ4v) is 3.10. The highest BCUT2D eigenvalue weighted by Gasteiger charge is 2.33. The number of aromatic nitrogens is 4. The molecule has 0 saturated carbocycles. The number of alkyl carbamates (subject to hydrolysis) is 1. The average Bonchev–Trinajstić information content (AvgIpc) is 3.42. The van der Waals surface area contributed by atoms with Gasteiger partial charge in [-0.25, -0.2) is 33.0 Å². The number of pyridine rings is 1. The molecule has 0 radical (unpaired) electrons. The number of hydrogen-bond donors (Lipinski definition) is 1. The zero-order valence-electron chi connectivity index (χ0n) is 16.2. The summed E-state index contributed by atoms with van der Waals surface area (Å²) in [5, 5.41) is 6.34. The molecule has 2 aromatic heterocycles. The molecular weight excluding hydrogens is 414 g/mol. The smallest absolute Gasteiger partial charge is 0.414 e. The van der Waals surface area contributed by atoms with Crippen molar-refractivity contribution in [3.63, 3.8) is 0 Å². The van der Waals surface area contributed by atoms with Crippen molar-refractivity contribution in [1.82, 2.24) is 25.1 Å². The van der Waals surface area contributed by atoms with E-state index in [0.29, 0.717) is 5.82 Å². The van der Waals surface area contributed by atoms with Gasteiger partial charge in [0, 0.05) is 11.8 Å². The van der Waals surface area contributed by atoms with E-state index >= 15 is 0 Å². The second-order valence-electron chi connectivity index (χ2n) is 6.52. The van der Waals surface area contributed by atoms with Gasteiger partial charge in [-0.1, -0.05) is 0 Å². The third kappa shape index (κ3) is 4.13. The van der Waals surface area contributed by atoms with Gasteiger partial charge in [0.1, 0.15) is 30.4 Å². The summed E-state index contributed by atoms with van der Waals surface area (Å²) < 4.78 is 40.6. The number of nitrogens with zero attached hydrogens (tertiary/aromatic N) is 5. The van der Waals surface area contributed by atoms with Gasteiger partial charge in [-0.2, -0.15) is 5.10 Å². The van der Waals surface area contributed by atoms with E-state index in [1.54, 1.807) is 6.07 Å². The van der Waals surface area contributed by atoms with Crippen molar-refractivity contribution >= 4 is 17.9 Å². The molecule has 1 aromatic carbocycles. The molecule has 1 aliphatic rings. The van der Waals surface area contributed by atoms with Gasteiger partial charge in [0.2, 0.25) is 0 Å². The molecule has 0 spiro atoms. The number of hydrogen-bond acceptors (Lipinski definition) is 7. The van der Waals surface area contributed by atoms with Crippen LogP contribution in [0.3, 0.4) is 0 Å². The zero-order valence-corrected chi connectivity index (χ0v) is 16.2. The molecule has 3 heterocycles.